The molecule has 0 aliphatic heterocycles. The highest BCUT2D eigenvalue weighted by molar-refractivity contribution is 5.79. The number of esters is 2. The van der Waals surface area contributed by atoms with Crippen molar-refractivity contribution in [2.45, 2.75) is 76.9 Å². The Hall–Kier alpha value is -4.56. The molecule has 0 aliphatic carbocycles. The third kappa shape index (κ3) is 13.6. The van der Waals surface area contributed by atoms with Gasteiger partial charge in [-0.15, -0.1) is 0 Å². The van der Waals surface area contributed by atoms with Crippen LogP contribution in [0.2, 0.25) is 0 Å². The van der Waals surface area contributed by atoms with Gasteiger partial charge in [-0.05, 0) is 76.9 Å². The van der Waals surface area contributed by atoms with Crippen molar-refractivity contribution >= 4 is 24.1 Å². The lowest BCUT2D eigenvalue weighted by molar-refractivity contribution is -0.143. The molecule has 0 fully saturated rings. The lowest BCUT2D eigenvalue weighted by Gasteiger charge is -2.26. The predicted octanol–water partition coefficient (Wildman–Crippen LogP) is 3.52. The maximum absolute atomic E-state index is 12.0. The van der Waals surface area contributed by atoms with E-state index in [9.17, 15) is 19.2 Å². The van der Waals surface area contributed by atoms with Crippen molar-refractivity contribution in [1.29, 1.82) is 0 Å². The lowest BCUT2D eigenvalue weighted by Crippen LogP contribution is -2.47. The summed E-state index contributed by atoms with van der Waals surface area (Å²) < 4.78 is 29.9. The zero-order chi connectivity index (χ0) is 35.2. The molecule has 0 saturated heterocycles. The predicted molar refractivity (Wildman–Crippen MR) is 170 cm³/mol. The molecule has 0 aliphatic rings. The Kier molecular flexibility index (Phi) is 15.3. The van der Waals surface area contributed by atoms with Gasteiger partial charge in [-0.25, -0.2) is 9.59 Å². The molecule has 256 valence electrons. The van der Waals surface area contributed by atoms with Crippen molar-refractivity contribution in [2.24, 2.45) is 11.5 Å². The number of ether oxygens (including phenoxy) is 6. The Morgan fingerprint density at radius 3 is 1.07 bits per heavy atom. The molecule has 0 aromatic heterocycles. The Morgan fingerprint density at radius 2 is 0.848 bits per heavy atom. The van der Waals surface area contributed by atoms with E-state index in [-0.39, 0.29) is 0 Å². The molecule has 6 N–H and O–H groups in total. The molecule has 0 bridgehead atoms. The fraction of sp³-hybridized carbons (Fsp3) is 0.500. The number of hydrogen-bond donors (Lipinski definition) is 4. The van der Waals surface area contributed by atoms with Crippen LogP contribution in [0.15, 0.2) is 48.5 Å². The summed E-state index contributed by atoms with van der Waals surface area (Å²) in [5.74, 6) is 0.0246. The molecule has 0 unspecified atom stereocenters. The van der Waals surface area contributed by atoms with Crippen molar-refractivity contribution in [3.8, 4) is 11.5 Å². The largest absolute Gasteiger partial charge is 0.497 e. The fourth-order valence-corrected chi connectivity index (χ4v) is 3.80. The minimum absolute atomic E-state index is 0.634. The third-order valence-corrected chi connectivity index (χ3v) is 5.96. The van der Waals surface area contributed by atoms with Crippen molar-refractivity contribution in [3.05, 3.63) is 59.7 Å². The Bertz CT molecular complexity index is 1170. The molecule has 0 spiro atoms. The van der Waals surface area contributed by atoms with E-state index in [4.69, 9.17) is 30.4 Å². The van der Waals surface area contributed by atoms with Crippen LogP contribution in [0.4, 0.5) is 9.59 Å². The van der Waals surface area contributed by atoms with Gasteiger partial charge in [-0.1, -0.05) is 24.3 Å². The van der Waals surface area contributed by atoms with Crippen LogP contribution in [0.5, 0.6) is 11.5 Å². The van der Waals surface area contributed by atoms with Crippen LogP contribution in [0.1, 0.15) is 64.8 Å². The first-order valence-electron chi connectivity index (χ1n) is 14.3. The second kappa shape index (κ2) is 17.8. The zero-order valence-corrected chi connectivity index (χ0v) is 28.2. The quantitative estimate of drug-likeness (QED) is 0.216. The van der Waals surface area contributed by atoms with Crippen LogP contribution in [0, 0.1) is 0 Å². The monoisotopic (exact) mass is 648 g/mol. The second-order valence-corrected chi connectivity index (χ2v) is 11.9. The van der Waals surface area contributed by atoms with Gasteiger partial charge in [0, 0.05) is 0 Å². The summed E-state index contributed by atoms with van der Waals surface area (Å²) in [4.78, 5) is 47.5. The summed E-state index contributed by atoms with van der Waals surface area (Å²) >= 11 is 0. The van der Waals surface area contributed by atoms with E-state index in [0.717, 1.165) is 0 Å². The van der Waals surface area contributed by atoms with Gasteiger partial charge in [0.15, 0.2) is 0 Å². The summed E-state index contributed by atoms with van der Waals surface area (Å²) in [6.07, 6.45) is -1.34. The summed E-state index contributed by atoms with van der Waals surface area (Å²) in [6, 6.07) is 9.98. The maximum atomic E-state index is 12.0. The van der Waals surface area contributed by atoms with Gasteiger partial charge in [0.25, 0.3) is 0 Å². The molecule has 0 radical (unpaired) electrons. The number of methoxy groups -OCH3 is 4. The molecule has 0 heterocycles. The van der Waals surface area contributed by atoms with Crippen molar-refractivity contribution in [1.82, 2.24) is 10.6 Å². The highest BCUT2D eigenvalue weighted by Gasteiger charge is 2.31. The van der Waals surface area contributed by atoms with Gasteiger partial charge in [0.05, 0.1) is 40.5 Å². The number of carbonyl (C=O) groups excluding carboxylic acids is 4. The first-order chi connectivity index (χ1) is 21.3. The fourth-order valence-electron chi connectivity index (χ4n) is 3.80. The van der Waals surface area contributed by atoms with Gasteiger partial charge in [0.2, 0.25) is 0 Å². The Morgan fingerprint density at radius 1 is 0.565 bits per heavy atom. The number of nitrogens with one attached hydrogen (secondary N) is 2. The minimum atomic E-state index is -1.07. The number of nitrogens with two attached hydrogens (primary N) is 2. The van der Waals surface area contributed by atoms with Crippen LogP contribution in [0.25, 0.3) is 0 Å². The zero-order valence-electron chi connectivity index (χ0n) is 28.2. The van der Waals surface area contributed by atoms with Crippen LogP contribution in [0.3, 0.4) is 0 Å². The van der Waals surface area contributed by atoms with E-state index in [1.165, 1.54) is 14.2 Å². The van der Waals surface area contributed by atoms with Gasteiger partial charge in [0.1, 0.15) is 34.8 Å². The van der Waals surface area contributed by atoms with Crippen molar-refractivity contribution < 1.29 is 47.6 Å². The molecule has 14 nitrogen and oxygen atoms in total. The molecule has 2 aromatic rings. The molecule has 2 rings (SSSR count). The highest BCUT2D eigenvalue weighted by atomic mass is 16.6. The first-order valence-corrected chi connectivity index (χ1v) is 14.3. The standard InChI is InChI=1S/2C16H24N2O5/c2*1-16(2,3)23-15(20)18-13(12(17)14(19)22-5)10-6-8-11(21-4)9-7-10/h2*6-9,12-13H,17H2,1-5H3,(H,18,20)/t2*12-,13+/m10/s1. The van der Waals surface area contributed by atoms with Gasteiger partial charge < -0.3 is 50.5 Å². The molecular weight excluding hydrogens is 600 g/mol. The molecule has 14 heteroatoms. The van der Waals surface area contributed by atoms with E-state index in [1.54, 1.807) is 104 Å². The second-order valence-electron chi connectivity index (χ2n) is 11.9. The third-order valence-electron chi connectivity index (χ3n) is 5.96. The van der Waals surface area contributed by atoms with E-state index in [1.807, 2.05) is 0 Å². The number of alkyl carbamates (subject to hydrolysis) is 2. The van der Waals surface area contributed by atoms with Gasteiger partial charge in [-0.2, -0.15) is 0 Å². The van der Waals surface area contributed by atoms with Gasteiger partial charge in [-0.3, -0.25) is 9.59 Å². The molecule has 0 saturated carbocycles. The summed E-state index contributed by atoms with van der Waals surface area (Å²) in [5.41, 5.74) is 11.8. The smallest absolute Gasteiger partial charge is 0.408 e. The number of hydrogen-bond acceptors (Lipinski definition) is 12. The molecule has 2 amide bonds. The SMILES string of the molecule is COC(=O)[C@@H](N)[C@H](NC(=O)OC(C)(C)C)c1ccc(OC)cc1.COC(=O)[C@H](N)[C@@H](NC(=O)OC(C)(C)C)c1ccc(OC)cc1. The Labute approximate surface area is 270 Å². The Balaban J connectivity index is 0.000000460. The lowest BCUT2D eigenvalue weighted by atomic mass is 10.00. The number of carbonyl (C=O) groups is 4. The number of benzene rings is 2. The van der Waals surface area contributed by atoms with E-state index in [0.29, 0.717) is 22.6 Å². The van der Waals surface area contributed by atoms with E-state index in [2.05, 4.69) is 20.1 Å². The van der Waals surface area contributed by atoms with Gasteiger partial charge >= 0.3 is 24.1 Å². The summed E-state index contributed by atoms with van der Waals surface area (Å²) in [7, 11) is 5.57. The summed E-state index contributed by atoms with van der Waals surface area (Å²) in [6.45, 7) is 10.5. The molecular formula is C32H48N4O10. The minimum Gasteiger partial charge on any atom is -0.497 e. The number of rotatable bonds is 10. The van der Waals surface area contributed by atoms with Crippen LogP contribution in [-0.4, -0.2) is 75.9 Å². The average Bonchev–Trinajstić information content (AvgIpc) is 2.99. The van der Waals surface area contributed by atoms with Crippen molar-refractivity contribution in [2.75, 3.05) is 28.4 Å². The number of amides is 2. The summed E-state index contributed by atoms with van der Waals surface area (Å²) in [5, 5.41) is 5.23. The highest BCUT2D eigenvalue weighted by Crippen LogP contribution is 2.23. The first kappa shape index (κ1) is 39.5. The van der Waals surface area contributed by atoms with Crippen LogP contribution < -0.4 is 31.6 Å². The van der Waals surface area contributed by atoms with Crippen molar-refractivity contribution in [3.63, 3.8) is 0 Å². The maximum Gasteiger partial charge on any atom is 0.408 e. The van der Waals surface area contributed by atoms with Crippen LogP contribution in [-0.2, 0) is 28.5 Å². The van der Waals surface area contributed by atoms with E-state index >= 15 is 0 Å². The topological polar surface area (TPSA) is 200 Å². The molecule has 4 atom stereocenters. The normalized spacial score (nSPS) is 13.7. The van der Waals surface area contributed by atoms with Crippen LogP contribution >= 0.6 is 0 Å². The van der Waals surface area contributed by atoms with E-state index < -0.39 is 59.5 Å². The molecule has 46 heavy (non-hydrogen) atoms. The average molecular weight is 649 g/mol. The molecule has 2 aromatic carbocycles.